The Morgan fingerprint density at radius 1 is 1.16 bits per heavy atom. The van der Waals surface area contributed by atoms with Crippen molar-refractivity contribution in [2.45, 2.75) is 25.4 Å². The topological polar surface area (TPSA) is 79.6 Å². The summed E-state index contributed by atoms with van der Waals surface area (Å²) in [7, 11) is 1.57. The number of halogens is 1. The van der Waals surface area contributed by atoms with Gasteiger partial charge in [-0.2, -0.15) is 0 Å². The number of rotatable bonds is 8. The molecular weight excluding hydrogens is 520 g/mol. The van der Waals surface area contributed by atoms with E-state index in [4.69, 9.17) is 33.0 Å². The lowest BCUT2D eigenvalue weighted by atomic mass is 10.0. The molecule has 2 aromatic heterocycles. The molecule has 194 valence electrons. The Morgan fingerprint density at radius 3 is 2.76 bits per heavy atom. The van der Waals surface area contributed by atoms with E-state index in [9.17, 15) is 4.79 Å². The monoisotopic (exact) mass is 546 g/mol. The van der Waals surface area contributed by atoms with Gasteiger partial charge in [0.1, 0.15) is 23.3 Å². The number of pyridine rings is 1. The molecule has 0 radical (unpaired) electrons. The van der Waals surface area contributed by atoms with Crippen molar-refractivity contribution in [3.05, 3.63) is 101 Å². The van der Waals surface area contributed by atoms with Gasteiger partial charge in [0.25, 0.3) is 0 Å². The fourth-order valence-electron chi connectivity index (χ4n) is 4.65. The number of thiocarbonyl (C=S) groups is 1. The number of furan rings is 1. The summed E-state index contributed by atoms with van der Waals surface area (Å²) in [5.74, 6) is 1.89. The van der Waals surface area contributed by atoms with Crippen LogP contribution in [0, 0.1) is 6.92 Å². The highest BCUT2D eigenvalue weighted by Gasteiger charge is 2.41. The minimum atomic E-state index is -0.301. The van der Waals surface area contributed by atoms with Gasteiger partial charge in [-0.3, -0.25) is 9.78 Å². The summed E-state index contributed by atoms with van der Waals surface area (Å²) in [5, 5.41) is 7.50. The minimum absolute atomic E-state index is 0.146. The number of aryl methyl sites for hydroxylation is 1. The molecule has 1 aliphatic rings. The van der Waals surface area contributed by atoms with Gasteiger partial charge >= 0.3 is 0 Å². The number of amides is 1. The van der Waals surface area contributed by atoms with Gasteiger partial charge in [0, 0.05) is 29.7 Å². The van der Waals surface area contributed by atoms with Crippen molar-refractivity contribution in [3.8, 4) is 17.1 Å². The average Bonchev–Trinajstić information content (AvgIpc) is 3.54. The summed E-state index contributed by atoms with van der Waals surface area (Å²) < 4.78 is 11.8. The largest absolute Gasteiger partial charge is 0.495 e. The van der Waals surface area contributed by atoms with Gasteiger partial charge in [-0.25, -0.2) is 0 Å². The van der Waals surface area contributed by atoms with Gasteiger partial charge < -0.3 is 24.7 Å². The third kappa shape index (κ3) is 5.37. The Labute approximate surface area is 231 Å². The molecule has 0 unspecified atom stereocenters. The van der Waals surface area contributed by atoms with Crippen molar-refractivity contribution in [2.24, 2.45) is 0 Å². The highest BCUT2D eigenvalue weighted by Crippen LogP contribution is 2.41. The molecule has 1 saturated heterocycles. The van der Waals surface area contributed by atoms with Crippen molar-refractivity contribution in [1.29, 1.82) is 0 Å². The van der Waals surface area contributed by atoms with Crippen LogP contribution in [0.4, 0.5) is 5.69 Å². The number of nitrogens with one attached hydrogen (secondary N) is 2. The Hall–Kier alpha value is -3.88. The van der Waals surface area contributed by atoms with Crippen molar-refractivity contribution in [1.82, 2.24) is 15.2 Å². The Balaban J connectivity index is 1.41. The zero-order valence-electron chi connectivity index (χ0n) is 21.0. The lowest BCUT2D eigenvalue weighted by Crippen LogP contribution is -2.32. The Morgan fingerprint density at radius 2 is 1.97 bits per heavy atom. The standard InChI is InChI=1S/C29H27ClN4O3S/c1-18-10-11-19(30)17-20(18)23-12-13-25(37-23)28-27(22-8-5-6-15-31-22)33-29(38)34(28)16-14-26(35)32-21-7-3-4-9-24(21)36-2/h3-13,15,17,27-28H,14,16H2,1-2H3,(H,32,35)(H,33,38)/t27-,28+/m1/s1. The van der Waals surface area contributed by atoms with E-state index in [-0.39, 0.29) is 24.4 Å². The average molecular weight is 547 g/mol. The molecule has 2 aromatic carbocycles. The van der Waals surface area contributed by atoms with Crippen LogP contribution in [0.2, 0.25) is 5.02 Å². The zero-order chi connectivity index (χ0) is 26.6. The van der Waals surface area contributed by atoms with E-state index in [2.05, 4.69) is 15.6 Å². The third-order valence-corrected chi connectivity index (χ3v) is 7.13. The molecule has 0 spiro atoms. The molecule has 9 heteroatoms. The predicted octanol–water partition coefficient (Wildman–Crippen LogP) is 6.31. The van der Waals surface area contributed by atoms with Gasteiger partial charge in [-0.1, -0.05) is 35.9 Å². The number of benzene rings is 2. The van der Waals surface area contributed by atoms with E-state index < -0.39 is 0 Å². The molecule has 0 saturated carbocycles. The molecule has 38 heavy (non-hydrogen) atoms. The van der Waals surface area contributed by atoms with Gasteiger partial charge in [0.05, 0.1) is 24.5 Å². The predicted molar refractivity (Wildman–Crippen MR) is 152 cm³/mol. The summed E-state index contributed by atoms with van der Waals surface area (Å²) in [6, 6.07) is 22.1. The van der Waals surface area contributed by atoms with E-state index >= 15 is 0 Å². The van der Waals surface area contributed by atoms with Crippen LogP contribution in [0.1, 0.15) is 35.5 Å². The molecular formula is C29H27ClN4O3S. The van der Waals surface area contributed by atoms with E-state index in [1.165, 1.54) is 0 Å². The smallest absolute Gasteiger partial charge is 0.226 e. The fourth-order valence-corrected chi connectivity index (χ4v) is 5.16. The second-order valence-corrected chi connectivity index (χ2v) is 9.80. The van der Waals surface area contributed by atoms with E-state index in [1.807, 2.05) is 72.5 Å². The van der Waals surface area contributed by atoms with Gasteiger partial charge in [0.15, 0.2) is 5.11 Å². The van der Waals surface area contributed by atoms with Crippen LogP contribution >= 0.6 is 23.8 Å². The number of carbonyl (C=O) groups is 1. The molecule has 1 fully saturated rings. The molecule has 5 rings (SSSR count). The summed E-state index contributed by atoms with van der Waals surface area (Å²) in [4.78, 5) is 19.4. The van der Waals surface area contributed by atoms with Crippen LogP contribution in [-0.2, 0) is 4.79 Å². The number of carbonyl (C=O) groups excluding carboxylic acids is 1. The highest BCUT2D eigenvalue weighted by atomic mass is 35.5. The second-order valence-electron chi connectivity index (χ2n) is 8.98. The van der Waals surface area contributed by atoms with E-state index in [0.29, 0.717) is 39.6 Å². The number of ether oxygens (including phenoxy) is 1. The number of hydrogen-bond acceptors (Lipinski definition) is 5. The van der Waals surface area contributed by atoms with Gasteiger partial charge in [-0.05, 0) is 73.2 Å². The molecule has 3 heterocycles. The maximum Gasteiger partial charge on any atom is 0.226 e. The molecule has 2 atom stereocenters. The maximum absolute atomic E-state index is 12.9. The van der Waals surface area contributed by atoms with Crippen molar-refractivity contribution in [2.75, 3.05) is 19.0 Å². The maximum atomic E-state index is 12.9. The van der Waals surface area contributed by atoms with E-state index in [0.717, 1.165) is 16.8 Å². The fraction of sp³-hybridized carbons (Fsp3) is 0.207. The Kier molecular flexibility index (Phi) is 7.62. The first-order valence-corrected chi connectivity index (χ1v) is 13.0. The molecule has 0 bridgehead atoms. The lowest BCUT2D eigenvalue weighted by Gasteiger charge is -2.26. The summed E-state index contributed by atoms with van der Waals surface area (Å²) in [6.07, 6.45) is 1.97. The van der Waals surface area contributed by atoms with Crippen molar-refractivity contribution >= 4 is 40.5 Å². The van der Waals surface area contributed by atoms with Crippen LogP contribution in [0.5, 0.6) is 5.75 Å². The Bertz CT molecular complexity index is 1460. The molecule has 7 nitrogen and oxygen atoms in total. The van der Waals surface area contributed by atoms with Crippen molar-refractivity contribution in [3.63, 3.8) is 0 Å². The number of nitrogens with zero attached hydrogens (tertiary/aromatic N) is 2. The third-order valence-electron chi connectivity index (χ3n) is 6.54. The summed E-state index contributed by atoms with van der Waals surface area (Å²) in [6.45, 7) is 2.40. The highest BCUT2D eigenvalue weighted by molar-refractivity contribution is 7.80. The quantitative estimate of drug-likeness (QED) is 0.251. The number of para-hydroxylation sites is 2. The molecule has 4 aromatic rings. The number of aromatic nitrogens is 1. The normalized spacial score (nSPS) is 16.8. The number of hydrogen-bond donors (Lipinski definition) is 2. The molecule has 1 amide bonds. The summed E-state index contributed by atoms with van der Waals surface area (Å²) >= 11 is 12.0. The first kappa shape index (κ1) is 25.8. The van der Waals surface area contributed by atoms with Crippen molar-refractivity contribution < 1.29 is 13.9 Å². The van der Waals surface area contributed by atoms with Crippen LogP contribution < -0.4 is 15.4 Å². The molecule has 2 N–H and O–H groups in total. The minimum Gasteiger partial charge on any atom is -0.495 e. The molecule has 1 aliphatic heterocycles. The summed E-state index contributed by atoms with van der Waals surface area (Å²) in [5.41, 5.74) is 3.44. The van der Waals surface area contributed by atoms with E-state index in [1.54, 1.807) is 25.4 Å². The van der Waals surface area contributed by atoms with Gasteiger partial charge in [0.2, 0.25) is 5.91 Å². The van der Waals surface area contributed by atoms with Crippen LogP contribution in [-0.4, -0.2) is 34.6 Å². The lowest BCUT2D eigenvalue weighted by molar-refractivity contribution is -0.116. The van der Waals surface area contributed by atoms with Crippen LogP contribution in [0.3, 0.4) is 0 Å². The van der Waals surface area contributed by atoms with Gasteiger partial charge in [-0.15, -0.1) is 0 Å². The number of methoxy groups -OCH3 is 1. The first-order chi connectivity index (χ1) is 18.4. The number of anilines is 1. The van der Waals surface area contributed by atoms with Crippen LogP contribution in [0.25, 0.3) is 11.3 Å². The van der Waals surface area contributed by atoms with Crippen LogP contribution in [0.15, 0.2) is 83.4 Å². The SMILES string of the molecule is COc1ccccc1NC(=O)CCN1C(=S)N[C@H](c2ccccn2)[C@@H]1c1ccc(-c2cc(Cl)ccc2C)o1. The second kappa shape index (κ2) is 11.2. The zero-order valence-corrected chi connectivity index (χ0v) is 22.6. The first-order valence-electron chi connectivity index (χ1n) is 12.2. The molecule has 0 aliphatic carbocycles.